The molecule has 2 aromatic rings. The van der Waals surface area contributed by atoms with Crippen LogP contribution in [0.15, 0.2) is 16.5 Å². The Morgan fingerprint density at radius 3 is 2.65 bits per heavy atom. The molecule has 0 fully saturated rings. The van der Waals surface area contributed by atoms with Crippen LogP contribution in [-0.4, -0.2) is 24.7 Å². The van der Waals surface area contributed by atoms with Crippen LogP contribution in [0.25, 0.3) is 11.1 Å². The fourth-order valence-corrected chi connectivity index (χ4v) is 2.19. The zero-order valence-electron chi connectivity index (χ0n) is 13.5. The van der Waals surface area contributed by atoms with Crippen molar-refractivity contribution in [3.8, 4) is 0 Å². The van der Waals surface area contributed by atoms with Crippen LogP contribution in [0.4, 0.5) is 13.2 Å². The Bertz CT molecular complexity index is 651. The van der Waals surface area contributed by atoms with Crippen molar-refractivity contribution in [3.63, 3.8) is 0 Å². The topological polar surface area (TPSA) is 47.3 Å². The van der Waals surface area contributed by atoms with Crippen LogP contribution in [-0.2, 0) is 17.5 Å². The van der Waals surface area contributed by atoms with Gasteiger partial charge in [0.15, 0.2) is 11.5 Å². The molecule has 0 saturated heterocycles. The van der Waals surface area contributed by atoms with E-state index in [1.165, 1.54) is 0 Å². The van der Waals surface area contributed by atoms with Gasteiger partial charge in [-0.25, -0.2) is 4.98 Å². The molecular weight excluding hydrogens is 309 g/mol. The molecule has 7 heteroatoms. The van der Waals surface area contributed by atoms with Gasteiger partial charge in [0.1, 0.15) is 11.1 Å². The van der Waals surface area contributed by atoms with Gasteiger partial charge >= 0.3 is 6.18 Å². The third-order valence-electron chi connectivity index (χ3n) is 3.32. The van der Waals surface area contributed by atoms with Crippen LogP contribution in [0.1, 0.15) is 43.7 Å². The smallest absolute Gasteiger partial charge is 0.420 e. The van der Waals surface area contributed by atoms with Crippen molar-refractivity contribution in [1.29, 1.82) is 0 Å². The largest absolute Gasteiger partial charge is 0.440 e. The quantitative estimate of drug-likeness (QED) is 0.777. The lowest BCUT2D eigenvalue weighted by atomic mass is 10.1. The van der Waals surface area contributed by atoms with Crippen molar-refractivity contribution in [2.24, 2.45) is 0 Å². The molecule has 0 unspecified atom stereocenters. The number of rotatable bonds is 7. The maximum absolute atomic E-state index is 13.3. The Hall–Kier alpha value is -1.60. The minimum Gasteiger partial charge on any atom is -0.440 e. The van der Waals surface area contributed by atoms with Crippen LogP contribution >= 0.6 is 0 Å². The highest BCUT2D eigenvalue weighted by Crippen LogP contribution is 2.37. The fourth-order valence-electron chi connectivity index (χ4n) is 2.19. The Kier molecular flexibility index (Phi) is 5.64. The fraction of sp³-hybridized carbons (Fsp3) is 0.562. The Balaban J connectivity index is 2.28. The van der Waals surface area contributed by atoms with Crippen molar-refractivity contribution in [1.82, 2.24) is 10.3 Å². The summed E-state index contributed by atoms with van der Waals surface area (Å²) in [5.74, 6) is 0.239. The molecule has 1 heterocycles. The second-order valence-corrected chi connectivity index (χ2v) is 5.57. The number of hydrogen-bond acceptors (Lipinski definition) is 4. The van der Waals surface area contributed by atoms with Crippen LogP contribution < -0.4 is 5.32 Å². The number of benzene rings is 1. The molecule has 4 nitrogen and oxygen atoms in total. The SMILES string of the molecule is CCOCCNCc1cc(C(F)(F)F)c2oc(C(C)C)nc2c1. The van der Waals surface area contributed by atoms with Gasteiger partial charge in [-0.3, -0.25) is 0 Å². The molecule has 1 aromatic carbocycles. The lowest BCUT2D eigenvalue weighted by Gasteiger charge is -2.10. The molecule has 1 N–H and O–H groups in total. The average Bonchev–Trinajstić information content (AvgIpc) is 2.89. The number of alkyl halides is 3. The molecule has 128 valence electrons. The van der Waals surface area contributed by atoms with Gasteiger partial charge in [0.25, 0.3) is 0 Å². The molecule has 0 radical (unpaired) electrons. The van der Waals surface area contributed by atoms with Crippen LogP contribution in [0.2, 0.25) is 0 Å². The zero-order chi connectivity index (χ0) is 17.0. The summed E-state index contributed by atoms with van der Waals surface area (Å²) in [6, 6.07) is 2.75. The van der Waals surface area contributed by atoms with Gasteiger partial charge in [0.05, 0.1) is 6.61 Å². The van der Waals surface area contributed by atoms with Gasteiger partial charge in [0.2, 0.25) is 0 Å². The number of hydrogen-bond donors (Lipinski definition) is 1. The highest BCUT2D eigenvalue weighted by molar-refractivity contribution is 5.78. The van der Waals surface area contributed by atoms with Crippen molar-refractivity contribution < 1.29 is 22.3 Å². The van der Waals surface area contributed by atoms with Crippen LogP contribution in [0.3, 0.4) is 0 Å². The second kappa shape index (κ2) is 7.31. The molecule has 0 amide bonds. The third kappa shape index (κ3) is 4.45. The van der Waals surface area contributed by atoms with Gasteiger partial charge in [-0.1, -0.05) is 13.8 Å². The summed E-state index contributed by atoms with van der Waals surface area (Å²) < 4.78 is 50.3. The van der Waals surface area contributed by atoms with E-state index >= 15 is 0 Å². The number of halogens is 3. The first-order valence-corrected chi connectivity index (χ1v) is 7.62. The molecule has 23 heavy (non-hydrogen) atoms. The van der Waals surface area contributed by atoms with E-state index in [2.05, 4.69) is 10.3 Å². The molecule has 0 aliphatic carbocycles. The lowest BCUT2D eigenvalue weighted by molar-refractivity contribution is -0.136. The van der Waals surface area contributed by atoms with E-state index in [4.69, 9.17) is 9.15 Å². The van der Waals surface area contributed by atoms with Gasteiger partial charge < -0.3 is 14.5 Å². The molecule has 1 aromatic heterocycles. The standard InChI is InChI=1S/C16H21F3N2O2/c1-4-22-6-5-20-9-11-7-12(16(17,18)19)14-13(8-11)21-15(23-14)10(2)3/h7-8,10,20H,4-6,9H2,1-3H3. The van der Waals surface area contributed by atoms with E-state index in [1.807, 2.05) is 20.8 Å². The summed E-state index contributed by atoms with van der Waals surface area (Å²) in [6.45, 7) is 7.57. The van der Waals surface area contributed by atoms with E-state index < -0.39 is 11.7 Å². The van der Waals surface area contributed by atoms with E-state index in [0.29, 0.717) is 37.8 Å². The number of nitrogens with zero attached hydrogens (tertiary/aromatic N) is 1. The first kappa shape index (κ1) is 17.7. The van der Waals surface area contributed by atoms with Crippen molar-refractivity contribution in [2.75, 3.05) is 19.8 Å². The molecule has 2 rings (SSSR count). The van der Waals surface area contributed by atoms with Crippen molar-refractivity contribution >= 4 is 11.1 Å². The Labute approximate surface area is 133 Å². The Morgan fingerprint density at radius 2 is 2.04 bits per heavy atom. The van der Waals surface area contributed by atoms with Crippen molar-refractivity contribution in [3.05, 3.63) is 29.2 Å². The second-order valence-electron chi connectivity index (χ2n) is 5.57. The first-order chi connectivity index (χ1) is 10.8. The van der Waals surface area contributed by atoms with Gasteiger partial charge in [0, 0.05) is 25.6 Å². The molecule has 0 spiro atoms. The monoisotopic (exact) mass is 330 g/mol. The maximum atomic E-state index is 13.3. The van der Waals surface area contributed by atoms with E-state index in [1.54, 1.807) is 6.07 Å². The lowest BCUT2D eigenvalue weighted by Crippen LogP contribution is -2.19. The highest BCUT2D eigenvalue weighted by atomic mass is 19.4. The maximum Gasteiger partial charge on any atom is 0.420 e. The normalized spacial score (nSPS) is 12.5. The van der Waals surface area contributed by atoms with E-state index in [0.717, 1.165) is 6.07 Å². The molecule has 0 saturated carbocycles. The number of oxazole rings is 1. The number of aromatic nitrogens is 1. The summed E-state index contributed by atoms with van der Waals surface area (Å²) >= 11 is 0. The number of fused-ring (bicyclic) bond motifs is 1. The van der Waals surface area contributed by atoms with Crippen LogP contribution in [0, 0.1) is 0 Å². The summed E-state index contributed by atoms with van der Waals surface area (Å²) in [7, 11) is 0. The minimum atomic E-state index is -4.48. The summed E-state index contributed by atoms with van der Waals surface area (Å²) in [5, 5.41) is 3.06. The summed E-state index contributed by atoms with van der Waals surface area (Å²) in [4.78, 5) is 4.19. The summed E-state index contributed by atoms with van der Waals surface area (Å²) in [6.07, 6.45) is -4.48. The number of nitrogens with one attached hydrogen (secondary N) is 1. The summed E-state index contributed by atoms with van der Waals surface area (Å²) in [5.41, 5.74) is -0.217. The minimum absolute atomic E-state index is 0.0729. The van der Waals surface area contributed by atoms with Gasteiger partial charge in [-0.15, -0.1) is 0 Å². The van der Waals surface area contributed by atoms with Gasteiger partial charge in [-0.05, 0) is 24.6 Å². The zero-order valence-corrected chi connectivity index (χ0v) is 13.5. The average molecular weight is 330 g/mol. The number of ether oxygens (including phenoxy) is 1. The predicted octanol–water partition coefficient (Wildman–Crippen LogP) is 4.10. The molecular formula is C16H21F3N2O2. The highest BCUT2D eigenvalue weighted by Gasteiger charge is 2.35. The Morgan fingerprint density at radius 1 is 1.30 bits per heavy atom. The van der Waals surface area contributed by atoms with Crippen molar-refractivity contribution in [2.45, 2.75) is 39.4 Å². The molecule has 0 aliphatic heterocycles. The first-order valence-electron chi connectivity index (χ1n) is 7.62. The molecule has 0 bridgehead atoms. The molecule has 0 aliphatic rings. The van der Waals surface area contributed by atoms with Gasteiger partial charge in [-0.2, -0.15) is 13.2 Å². The molecule has 0 atom stereocenters. The van der Waals surface area contributed by atoms with E-state index in [-0.39, 0.29) is 17.0 Å². The predicted molar refractivity (Wildman–Crippen MR) is 81.3 cm³/mol. The van der Waals surface area contributed by atoms with Crippen LogP contribution in [0.5, 0.6) is 0 Å². The third-order valence-corrected chi connectivity index (χ3v) is 3.32. The van der Waals surface area contributed by atoms with E-state index in [9.17, 15) is 13.2 Å².